The van der Waals surface area contributed by atoms with Crippen LogP contribution in [0.3, 0.4) is 0 Å². The van der Waals surface area contributed by atoms with Crippen molar-refractivity contribution < 1.29 is 23.9 Å². The van der Waals surface area contributed by atoms with Crippen molar-refractivity contribution in [2.75, 3.05) is 7.05 Å². The largest absolute Gasteiger partial charge is 0.451 e. The molecular weight excluding hydrogens is 338 g/mol. The van der Waals surface area contributed by atoms with E-state index in [-0.39, 0.29) is 5.92 Å². The Morgan fingerprint density at radius 1 is 1.08 bits per heavy atom. The van der Waals surface area contributed by atoms with E-state index in [0.29, 0.717) is 5.56 Å². The van der Waals surface area contributed by atoms with Crippen molar-refractivity contribution in [3.05, 3.63) is 35.4 Å². The molecule has 2 atom stereocenters. The molecule has 8 heteroatoms. The highest BCUT2D eigenvalue weighted by Crippen LogP contribution is 2.09. The highest BCUT2D eigenvalue weighted by molar-refractivity contribution is 5.98. The summed E-state index contributed by atoms with van der Waals surface area (Å²) in [6.07, 6.45) is -1.18. The Morgan fingerprint density at radius 2 is 1.73 bits per heavy atom. The number of imide groups is 1. The molecule has 3 N–H and O–H groups in total. The van der Waals surface area contributed by atoms with Crippen molar-refractivity contribution in [2.45, 2.75) is 39.8 Å². The molecule has 26 heavy (non-hydrogen) atoms. The smallest absolute Gasteiger partial charge is 0.329 e. The minimum atomic E-state index is -1.18. The number of amides is 4. The van der Waals surface area contributed by atoms with Gasteiger partial charge in [-0.2, -0.15) is 0 Å². The number of carbonyl (C=O) groups is 4. The maximum absolute atomic E-state index is 12.4. The second-order valence-corrected chi connectivity index (χ2v) is 6.21. The molecule has 0 radical (unpaired) electrons. The molecule has 0 saturated carbocycles. The van der Waals surface area contributed by atoms with Crippen LogP contribution in [-0.2, 0) is 14.3 Å². The Morgan fingerprint density at radius 3 is 2.27 bits per heavy atom. The van der Waals surface area contributed by atoms with Crippen LogP contribution in [0.5, 0.6) is 0 Å². The summed E-state index contributed by atoms with van der Waals surface area (Å²) in [5.41, 5.74) is 1.34. The van der Waals surface area contributed by atoms with E-state index in [1.165, 1.54) is 14.0 Å². The summed E-state index contributed by atoms with van der Waals surface area (Å²) in [6, 6.07) is 5.32. The highest BCUT2D eigenvalue weighted by atomic mass is 16.5. The van der Waals surface area contributed by atoms with Gasteiger partial charge >= 0.3 is 12.0 Å². The van der Waals surface area contributed by atoms with Crippen molar-refractivity contribution in [3.8, 4) is 0 Å². The van der Waals surface area contributed by atoms with E-state index in [4.69, 9.17) is 4.74 Å². The van der Waals surface area contributed by atoms with E-state index in [1.807, 2.05) is 18.3 Å². The average molecular weight is 363 g/mol. The fourth-order valence-electron chi connectivity index (χ4n) is 2.09. The van der Waals surface area contributed by atoms with Crippen LogP contribution in [0.15, 0.2) is 24.3 Å². The molecule has 0 saturated heterocycles. The van der Waals surface area contributed by atoms with Crippen LogP contribution < -0.4 is 16.0 Å². The van der Waals surface area contributed by atoms with Crippen molar-refractivity contribution in [1.82, 2.24) is 16.0 Å². The predicted octanol–water partition coefficient (Wildman–Crippen LogP) is 1.14. The number of carbonyl (C=O) groups excluding carboxylic acids is 4. The van der Waals surface area contributed by atoms with Gasteiger partial charge in [-0.15, -0.1) is 0 Å². The molecule has 0 aliphatic heterocycles. The number of esters is 1. The van der Waals surface area contributed by atoms with Gasteiger partial charge in [0.15, 0.2) is 6.10 Å². The quantitative estimate of drug-likeness (QED) is 0.656. The van der Waals surface area contributed by atoms with E-state index in [0.717, 1.165) is 5.56 Å². The summed E-state index contributed by atoms with van der Waals surface area (Å²) in [4.78, 5) is 47.7. The number of urea groups is 1. The number of ether oxygens (including phenoxy) is 1. The molecule has 0 aliphatic rings. The second-order valence-electron chi connectivity index (χ2n) is 6.21. The molecule has 142 valence electrons. The minimum Gasteiger partial charge on any atom is -0.451 e. The van der Waals surface area contributed by atoms with Gasteiger partial charge in [0.25, 0.3) is 11.8 Å². The Bertz CT molecular complexity index is 687. The Labute approximate surface area is 152 Å². The predicted molar refractivity (Wildman–Crippen MR) is 95.4 cm³/mol. The first kappa shape index (κ1) is 21.1. The number of aryl methyl sites for hydroxylation is 1. The van der Waals surface area contributed by atoms with Crippen molar-refractivity contribution in [3.63, 3.8) is 0 Å². The number of hydrogen-bond donors (Lipinski definition) is 3. The van der Waals surface area contributed by atoms with E-state index in [1.54, 1.807) is 32.0 Å². The summed E-state index contributed by atoms with van der Waals surface area (Å²) in [7, 11) is 1.36. The molecule has 1 rings (SSSR count). The zero-order valence-corrected chi connectivity index (χ0v) is 15.6. The van der Waals surface area contributed by atoms with Gasteiger partial charge in [-0.3, -0.25) is 14.9 Å². The fourth-order valence-corrected chi connectivity index (χ4v) is 2.09. The van der Waals surface area contributed by atoms with E-state index >= 15 is 0 Å². The molecule has 1 unspecified atom stereocenters. The standard InChI is InChI=1S/C18H25N3O5/c1-10(2)14(20-16(23)13-8-6-7-11(3)9-13)17(24)26-12(4)15(22)21-18(25)19-5/h6-10,12,14H,1-5H3,(H,20,23)(H2,19,21,22,25)/t12?,14-/m0/s1. The Kier molecular flexibility index (Phi) is 7.77. The van der Waals surface area contributed by atoms with Gasteiger partial charge in [-0.05, 0) is 31.9 Å². The molecule has 0 spiro atoms. The number of rotatable bonds is 6. The van der Waals surface area contributed by atoms with Crippen molar-refractivity contribution in [1.29, 1.82) is 0 Å². The van der Waals surface area contributed by atoms with Gasteiger partial charge in [0, 0.05) is 12.6 Å². The van der Waals surface area contributed by atoms with Crippen LogP contribution in [0, 0.1) is 12.8 Å². The molecule has 0 aliphatic carbocycles. The van der Waals surface area contributed by atoms with Gasteiger partial charge in [-0.1, -0.05) is 31.5 Å². The Balaban J connectivity index is 2.76. The summed E-state index contributed by atoms with van der Waals surface area (Å²) in [6.45, 7) is 6.70. The third kappa shape index (κ3) is 6.19. The van der Waals surface area contributed by atoms with Gasteiger partial charge in [0.1, 0.15) is 6.04 Å². The lowest BCUT2D eigenvalue weighted by Gasteiger charge is -2.23. The molecule has 8 nitrogen and oxygen atoms in total. The fraction of sp³-hybridized carbons (Fsp3) is 0.444. The van der Waals surface area contributed by atoms with Crippen LogP contribution in [-0.4, -0.2) is 43.0 Å². The molecule has 0 aromatic heterocycles. The summed E-state index contributed by atoms with van der Waals surface area (Å²) >= 11 is 0. The van der Waals surface area contributed by atoms with Crippen LogP contribution in [0.25, 0.3) is 0 Å². The van der Waals surface area contributed by atoms with Gasteiger partial charge in [-0.25, -0.2) is 9.59 Å². The van der Waals surface area contributed by atoms with Crippen LogP contribution in [0.2, 0.25) is 0 Å². The maximum atomic E-state index is 12.4. The molecule has 1 aromatic rings. The van der Waals surface area contributed by atoms with Gasteiger partial charge in [0.2, 0.25) is 0 Å². The first-order valence-electron chi connectivity index (χ1n) is 8.26. The first-order valence-corrected chi connectivity index (χ1v) is 8.26. The van der Waals surface area contributed by atoms with Crippen LogP contribution in [0.4, 0.5) is 4.79 Å². The molecule has 4 amide bonds. The lowest BCUT2D eigenvalue weighted by atomic mass is 10.0. The first-order chi connectivity index (χ1) is 12.1. The van der Waals surface area contributed by atoms with Crippen LogP contribution in [0.1, 0.15) is 36.7 Å². The van der Waals surface area contributed by atoms with Crippen molar-refractivity contribution >= 4 is 23.8 Å². The lowest BCUT2D eigenvalue weighted by Crippen LogP contribution is -2.49. The summed E-state index contributed by atoms with van der Waals surface area (Å²) in [5, 5.41) is 6.88. The molecular formula is C18H25N3O5. The third-order valence-electron chi connectivity index (χ3n) is 3.61. The van der Waals surface area contributed by atoms with E-state index in [9.17, 15) is 19.2 Å². The number of benzene rings is 1. The second kappa shape index (κ2) is 9.55. The molecule has 0 heterocycles. The lowest BCUT2D eigenvalue weighted by molar-refractivity contribution is -0.157. The van der Waals surface area contributed by atoms with Crippen molar-refractivity contribution in [2.24, 2.45) is 5.92 Å². The maximum Gasteiger partial charge on any atom is 0.329 e. The zero-order valence-electron chi connectivity index (χ0n) is 15.6. The molecule has 0 bridgehead atoms. The summed E-state index contributed by atoms with van der Waals surface area (Å²) < 4.78 is 5.10. The topological polar surface area (TPSA) is 114 Å². The van der Waals surface area contributed by atoms with Gasteiger partial charge in [0.05, 0.1) is 0 Å². The summed E-state index contributed by atoms with van der Waals surface area (Å²) in [5.74, 6) is -2.18. The molecule has 1 aromatic carbocycles. The van der Waals surface area contributed by atoms with Gasteiger partial charge < -0.3 is 15.4 Å². The monoisotopic (exact) mass is 363 g/mol. The Hall–Kier alpha value is -2.90. The normalized spacial score (nSPS) is 12.7. The minimum absolute atomic E-state index is 0.259. The average Bonchev–Trinajstić information content (AvgIpc) is 2.58. The third-order valence-corrected chi connectivity index (χ3v) is 3.61. The zero-order chi connectivity index (χ0) is 19.9. The van der Waals surface area contributed by atoms with E-state index < -0.39 is 36.0 Å². The number of nitrogens with one attached hydrogen (secondary N) is 3. The SMILES string of the molecule is CNC(=O)NC(=O)C(C)OC(=O)[C@@H](NC(=O)c1cccc(C)c1)C(C)C. The molecule has 0 fully saturated rings. The number of hydrogen-bond acceptors (Lipinski definition) is 5. The van der Waals surface area contributed by atoms with Crippen LogP contribution >= 0.6 is 0 Å². The highest BCUT2D eigenvalue weighted by Gasteiger charge is 2.29. The van der Waals surface area contributed by atoms with E-state index in [2.05, 4.69) is 10.6 Å².